The Morgan fingerprint density at radius 1 is 1.31 bits per heavy atom. The first-order chi connectivity index (χ1) is 17.5. The summed E-state index contributed by atoms with van der Waals surface area (Å²) in [7, 11) is 3.34. The molecule has 8 nitrogen and oxygen atoms in total. The van der Waals surface area contributed by atoms with Gasteiger partial charge in [0.2, 0.25) is 0 Å². The molecule has 0 spiro atoms. The number of thioether (sulfide) groups is 1. The van der Waals surface area contributed by atoms with E-state index in [0.717, 1.165) is 18.4 Å². The zero-order valence-corrected chi connectivity index (χ0v) is 22.3. The highest BCUT2D eigenvalue weighted by Gasteiger charge is 2.24. The summed E-state index contributed by atoms with van der Waals surface area (Å²) in [5.41, 5.74) is 11.8. The summed E-state index contributed by atoms with van der Waals surface area (Å²) in [4.78, 5) is 17.4. The maximum Gasteiger partial charge on any atom is 0.257 e. The highest BCUT2D eigenvalue weighted by Crippen LogP contribution is 2.35. The molecule has 2 atom stereocenters. The fourth-order valence-corrected chi connectivity index (χ4v) is 4.15. The third-order valence-corrected chi connectivity index (χ3v) is 6.30. The van der Waals surface area contributed by atoms with Gasteiger partial charge in [-0.3, -0.25) is 15.5 Å². The van der Waals surface area contributed by atoms with Crippen LogP contribution in [0.3, 0.4) is 0 Å². The van der Waals surface area contributed by atoms with Crippen molar-refractivity contribution < 1.29 is 9.53 Å². The van der Waals surface area contributed by atoms with E-state index in [9.17, 15) is 4.79 Å². The molecule has 2 aromatic rings. The maximum absolute atomic E-state index is 13.3. The van der Waals surface area contributed by atoms with Crippen LogP contribution in [0.1, 0.15) is 48.7 Å². The molecule has 10 heteroatoms. The summed E-state index contributed by atoms with van der Waals surface area (Å²) in [6.45, 7) is 4.00. The number of carbonyl (C=O) groups excluding carboxylic acids is 1. The van der Waals surface area contributed by atoms with Crippen molar-refractivity contribution in [2.24, 2.45) is 16.8 Å². The normalized spacial score (nSPS) is 17.1. The van der Waals surface area contributed by atoms with Gasteiger partial charge in [0.1, 0.15) is 10.9 Å². The number of carbonyl (C=O) groups is 1. The molecule has 1 aromatic carbocycles. The fourth-order valence-electron chi connectivity index (χ4n) is 3.28. The third kappa shape index (κ3) is 7.17. The second-order valence-corrected chi connectivity index (χ2v) is 9.23. The lowest BCUT2D eigenvalue weighted by Crippen LogP contribution is -2.28. The number of ether oxygens (including phenoxy) is 1. The summed E-state index contributed by atoms with van der Waals surface area (Å²) >= 11 is 7.56. The van der Waals surface area contributed by atoms with E-state index in [0.29, 0.717) is 33.5 Å². The average molecular weight is 527 g/mol. The van der Waals surface area contributed by atoms with Crippen molar-refractivity contribution in [1.82, 2.24) is 21.0 Å². The van der Waals surface area contributed by atoms with Crippen LogP contribution in [-0.4, -0.2) is 35.6 Å². The molecule has 0 bridgehead atoms. The molecular weight excluding hydrogens is 496 g/mol. The number of hydrogen-bond acceptors (Lipinski definition) is 8. The molecule has 1 aliphatic heterocycles. The van der Waals surface area contributed by atoms with E-state index in [1.807, 2.05) is 32.1 Å². The van der Waals surface area contributed by atoms with Crippen molar-refractivity contribution in [3.8, 4) is 28.7 Å². The SMILES string of the molecule is CC.CN/C=C\C(N)c1ccc(C(=O)NC2=NNC(C#CC3CC3)S2)c(-c2cc(Cl)ncc2OC)c1. The lowest BCUT2D eigenvalue weighted by molar-refractivity contribution is 0.0978. The number of benzene rings is 1. The number of nitrogens with one attached hydrogen (secondary N) is 3. The molecule has 5 N–H and O–H groups in total. The number of amides is 1. The van der Waals surface area contributed by atoms with E-state index in [1.54, 1.807) is 25.4 Å². The van der Waals surface area contributed by atoms with Crippen molar-refractivity contribution in [2.75, 3.05) is 14.2 Å². The number of pyridine rings is 1. The minimum atomic E-state index is -0.378. The first kappa shape index (κ1) is 27.4. The van der Waals surface area contributed by atoms with Gasteiger partial charge in [0.15, 0.2) is 10.5 Å². The number of amidine groups is 1. The molecule has 4 rings (SSSR count). The van der Waals surface area contributed by atoms with Gasteiger partial charge in [0.05, 0.1) is 13.3 Å². The van der Waals surface area contributed by atoms with E-state index in [1.165, 1.54) is 25.1 Å². The Labute approximate surface area is 221 Å². The van der Waals surface area contributed by atoms with Gasteiger partial charge < -0.3 is 15.8 Å². The summed E-state index contributed by atoms with van der Waals surface area (Å²) in [6, 6.07) is 6.71. The van der Waals surface area contributed by atoms with Crippen molar-refractivity contribution in [2.45, 2.75) is 38.1 Å². The Hall–Kier alpha value is -3.19. The minimum Gasteiger partial charge on any atom is -0.494 e. The van der Waals surface area contributed by atoms with Crippen LogP contribution < -0.4 is 26.5 Å². The van der Waals surface area contributed by atoms with E-state index in [4.69, 9.17) is 22.1 Å². The smallest absolute Gasteiger partial charge is 0.257 e. The number of nitrogens with zero attached hydrogens (tertiary/aromatic N) is 2. The van der Waals surface area contributed by atoms with Gasteiger partial charge in [0, 0.05) is 30.1 Å². The van der Waals surface area contributed by atoms with Crippen molar-refractivity contribution in [3.05, 3.63) is 59.0 Å². The number of rotatable bonds is 6. The van der Waals surface area contributed by atoms with Gasteiger partial charge in [-0.05, 0) is 66.2 Å². The topological polar surface area (TPSA) is 114 Å². The number of hydrazone groups is 1. The lowest BCUT2D eigenvalue weighted by atomic mass is 9.94. The molecule has 0 saturated heterocycles. The molecule has 0 radical (unpaired) electrons. The standard InChI is InChI=1S/C24H25ClN6O2S.C2H6/c1-27-10-9-19(26)15-6-7-16(17(11-15)18-12-21(25)28-13-20(18)33-2)23(32)29-24-31-30-22(34-24)8-5-14-3-4-14;1-2/h6-7,9-14,19,22,27,30H,3-4,26H2,1-2H3,(H,29,31,32);1-2H3/b10-9-;. The Bertz CT molecular complexity index is 1200. The number of halogens is 1. The number of hydrogen-bond donors (Lipinski definition) is 4. The molecule has 1 fully saturated rings. The van der Waals surface area contributed by atoms with E-state index in [-0.39, 0.29) is 22.5 Å². The van der Waals surface area contributed by atoms with Crippen LogP contribution in [0.25, 0.3) is 11.1 Å². The zero-order valence-electron chi connectivity index (χ0n) is 20.8. The highest BCUT2D eigenvalue weighted by atomic mass is 35.5. The van der Waals surface area contributed by atoms with Gasteiger partial charge in [-0.25, -0.2) is 4.98 Å². The van der Waals surface area contributed by atoms with Crippen LogP contribution in [-0.2, 0) is 0 Å². The van der Waals surface area contributed by atoms with Crippen molar-refractivity contribution in [1.29, 1.82) is 0 Å². The molecule has 1 amide bonds. The van der Waals surface area contributed by atoms with E-state index < -0.39 is 0 Å². The van der Waals surface area contributed by atoms with Crippen LogP contribution in [0.4, 0.5) is 0 Å². The lowest BCUT2D eigenvalue weighted by Gasteiger charge is -2.16. The summed E-state index contributed by atoms with van der Waals surface area (Å²) in [6.07, 6.45) is 7.43. The Balaban J connectivity index is 0.00000176. The molecule has 1 aromatic heterocycles. The van der Waals surface area contributed by atoms with Crippen LogP contribution >= 0.6 is 23.4 Å². The Morgan fingerprint density at radius 2 is 2.08 bits per heavy atom. The molecule has 1 aliphatic carbocycles. The summed E-state index contributed by atoms with van der Waals surface area (Å²) < 4.78 is 5.49. The van der Waals surface area contributed by atoms with Gasteiger partial charge >= 0.3 is 0 Å². The number of aromatic nitrogens is 1. The van der Waals surface area contributed by atoms with E-state index in [2.05, 4.69) is 38.0 Å². The van der Waals surface area contributed by atoms with Crippen LogP contribution in [0.2, 0.25) is 5.15 Å². The third-order valence-electron chi connectivity index (χ3n) is 5.22. The van der Waals surface area contributed by atoms with Crippen molar-refractivity contribution >= 4 is 34.4 Å². The monoisotopic (exact) mass is 526 g/mol. The maximum atomic E-state index is 13.3. The Kier molecular flexibility index (Phi) is 10.1. The molecule has 2 unspecified atom stereocenters. The van der Waals surface area contributed by atoms with Gasteiger partial charge in [0.25, 0.3) is 5.91 Å². The molecule has 2 aliphatic rings. The van der Waals surface area contributed by atoms with Crippen LogP contribution in [0.5, 0.6) is 5.75 Å². The minimum absolute atomic E-state index is 0.172. The first-order valence-electron chi connectivity index (χ1n) is 11.7. The quantitative estimate of drug-likeness (QED) is 0.329. The van der Waals surface area contributed by atoms with Gasteiger partial charge in [-0.15, -0.1) is 0 Å². The van der Waals surface area contributed by atoms with Gasteiger partial charge in [-0.1, -0.05) is 43.4 Å². The summed E-state index contributed by atoms with van der Waals surface area (Å²) in [5, 5.41) is 10.6. The average Bonchev–Trinajstić information content (AvgIpc) is 3.64. The second kappa shape index (κ2) is 13.2. The van der Waals surface area contributed by atoms with Crippen molar-refractivity contribution in [3.63, 3.8) is 0 Å². The summed E-state index contributed by atoms with van der Waals surface area (Å²) in [5.74, 6) is 7.03. The van der Waals surface area contributed by atoms with Gasteiger partial charge in [-0.2, -0.15) is 5.10 Å². The predicted molar refractivity (Wildman–Crippen MR) is 148 cm³/mol. The van der Waals surface area contributed by atoms with E-state index >= 15 is 0 Å². The molecule has 190 valence electrons. The second-order valence-electron chi connectivity index (χ2n) is 7.75. The first-order valence-corrected chi connectivity index (χ1v) is 13.0. The molecular formula is C26H31ClN6O2S. The van der Waals surface area contributed by atoms with Crippen LogP contribution in [0.15, 0.2) is 47.8 Å². The number of methoxy groups -OCH3 is 1. The number of nitrogens with two attached hydrogens (primary N) is 1. The Morgan fingerprint density at radius 3 is 2.78 bits per heavy atom. The molecule has 2 heterocycles. The molecule has 36 heavy (non-hydrogen) atoms. The largest absolute Gasteiger partial charge is 0.494 e. The predicted octanol–water partition coefficient (Wildman–Crippen LogP) is 4.25. The zero-order chi connectivity index (χ0) is 26.1. The van der Waals surface area contributed by atoms with Crippen LogP contribution in [0, 0.1) is 17.8 Å². The highest BCUT2D eigenvalue weighted by molar-refractivity contribution is 8.14. The molecule has 1 saturated carbocycles. The fraction of sp³-hybridized carbons (Fsp3) is 0.346.